The van der Waals surface area contributed by atoms with E-state index in [4.69, 9.17) is 0 Å². The monoisotopic (exact) mass is 238 g/mol. The van der Waals surface area contributed by atoms with Crippen LogP contribution < -0.4 is 5.32 Å². The molecule has 0 saturated carbocycles. The van der Waals surface area contributed by atoms with Crippen molar-refractivity contribution in [3.8, 4) is 0 Å². The number of aryl methyl sites for hydroxylation is 1. The van der Waals surface area contributed by atoms with Crippen molar-refractivity contribution in [2.75, 3.05) is 11.9 Å². The van der Waals surface area contributed by atoms with Gasteiger partial charge in [-0.15, -0.1) is 5.10 Å². The van der Waals surface area contributed by atoms with Crippen molar-refractivity contribution < 1.29 is 18.1 Å². The molecule has 0 fully saturated rings. The van der Waals surface area contributed by atoms with E-state index in [9.17, 15) is 23.3 Å². The predicted molar refractivity (Wildman–Crippen MR) is 49.0 cm³/mol. The molecule has 1 heterocycles. The number of halogens is 3. The van der Waals surface area contributed by atoms with Gasteiger partial charge in [0.1, 0.15) is 6.20 Å². The fourth-order valence-electron chi connectivity index (χ4n) is 1.06. The van der Waals surface area contributed by atoms with Gasteiger partial charge in [0.05, 0.1) is 11.3 Å². The van der Waals surface area contributed by atoms with Gasteiger partial charge < -0.3 is 5.32 Å². The summed E-state index contributed by atoms with van der Waals surface area (Å²) in [6, 6.07) is 0. The zero-order valence-corrected chi connectivity index (χ0v) is 8.28. The molecule has 0 bridgehead atoms. The fraction of sp³-hybridized carbons (Fsp3) is 0.571. The summed E-state index contributed by atoms with van der Waals surface area (Å²) in [5.74, 6) is -0.156. The second-order valence-corrected chi connectivity index (χ2v) is 3.09. The Balaban J connectivity index is 2.63. The summed E-state index contributed by atoms with van der Waals surface area (Å²) < 4.78 is 36.6. The van der Waals surface area contributed by atoms with Crippen molar-refractivity contribution in [3.05, 3.63) is 16.3 Å². The summed E-state index contributed by atoms with van der Waals surface area (Å²) in [5.41, 5.74) is -0.343. The highest BCUT2D eigenvalue weighted by molar-refractivity contribution is 5.54. The summed E-state index contributed by atoms with van der Waals surface area (Å²) in [6.07, 6.45) is -4.24. The molecule has 0 amide bonds. The SMILES string of the molecule is Cn1cc([N+](=O)[O-])c(NCCC(F)(F)F)n1. The van der Waals surface area contributed by atoms with Gasteiger partial charge in [0.15, 0.2) is 0 Å². The Morgan fingerprint density at radius 1 is 1.62 bits per heavy atom. The topological polar surface area (TPSA) is 73.0 Å². The minimum atomic E-state index is -4.30. The number of nitro groups is 1. The maximum absolute atomic E-state index is 11.8. The highest BCUT2D eigenvalue weighted by Crippen LogP contribution is 2.23. The summed E-state index contributed by atoms with van der Waals surface area (Å²) in [4.78, 5) is 9.78. The van der Waals surface area contributed by atoms with Crippen LogP contribution in [0.4, 0.5) is 24.7 Å². The normalized spacial score (nSPS) is 11.5. The van der Waals surface area contributed by atoms with Crippen LogP contribution in [-0.2, 0) is 7.05 Å². The van der Waals surface area contributed by atoms with Gasteiger partial charge in [-0.25, -0.2) is 0 Å². The van der Waals surface area contributed by atoms with E-state index in [2.05, 4.69) is 10.4 Å². The zero-order valence-electron chi connectivity index (χ0n) is 8.28. The number of alkyl halides is 3. The van der Waals surface area contributed by atoms with Gasteiger partial charge in [0.25, 0.3) is 0 Å². The van der Waals surface area contributed by atoms with Gasteiger partial charge in [-0.3, -0.25) is 14.8 Å². The van der Waals surface area contributed by atoms with Gasteiger partial charge in [-0.05, 0) is 0 Å². The first-order valence-corrected chi connectivity index (χ1v) is 4.28. The molecule has 90 valence electrons. The van der Waals surface area contributed by atoms with Crippen LogP contribution in [0, 0.1) is 10.1 Å². The molecule has 0 unspecified atom stereocenters. The van der Waals surface area contributed by atoms with E-state index in [0.29, 0.717) is 0 Å². The lowest BCUT2D eigenvalue weighted by Crippen LogP contribution is -2.15. The third-order valence-electron chi connectivity index (χ3n) is 1.71. The van der Waals surface area contributed by atoms with Crippen LogP contribution in [0.3, 0.4) is 0 Å². The molecule has 6 nitrogen and oxygen atoms in total. The van der Waals surface area contributed by atoms with E-state index in [-0.39, 0.29) is 11.5 Å². The molecule has 0 radical (unpaired) electrons. The van der Waals surface area contributed by atoms with Gasteiger partial charge in [-0.2, -0.15) is 13.2 Å². The predicted octanol–water partition coefficient (Wildman–Crippen LogP) is 1.69. The molecule has 1 aromatic heterocycles. The molecule has 0 aliphatic carbocycles. The van der Waals surface area contributed by atoms with Gasteiger partial charge in [-0.1, -0.05) is 0 Å². The number of hydrogen-bond donors (Lipinski definition) is 1. The summed E-state index contributed by atoms with van der Waals surface area (Å²) in [7, 11) is 1.45. The van der Waals surface area contributed by atoms with Crippen molar-refractivity contribution in [1.82, 2.24) is 9.78 Å². The molecule has 0 spiro atoms. The molecule has 0 aliphatic rings. The van der Waals surface area contributed by atoms with Crippen molar-refractivity contribution >= 4 is 11.5 Å². The quantitative estimate of drug-likeness (QED) is 0.639. The van der Waals surface area contributed by atoms with Gasteiger partial charge in [0, 0.05) is 13.6 Å². The average Bonchev–Trinajstić information content (AvgIpc) is 2.44. The lowest BCUT2D eigenvalue weighted by molar-refractivity contribution is -0.384. The van der Waals surface area contributed by atoms with Crippen molar-refractivity contribution in [2.45, 2.75) is 12.6 Å². The fourth-order valence-corrected chi connectivity index (χ4v) is 1.06. The second-order valence-electron chi connectivity index (χ2n) is 3.09. The number of anilines is 1. The van der Waals surface area contributed by atoms with Crippen LogP contribution in [0.1, 0.15) is 6.42 Å². The first kappa shape index (κ1) is 12.3. The lowest BCUT2D eigenvalue weighted by Gasteiger charge is -2.06. The molecule has 0 aromatic carbocycles. The van der Waals surface area contributed by atoms with Crippen molar-refractivity contribution in [2.24, 2.45) is 7.05 Å². The molecule has 0 aliphatic heterocycles. The smallest absolute Gasteiger partial charge is 0.363 e. The second kappa shape index (κ2) is 4.37. The number of hydrogen-bond acceptors (Lipinski definition) is 4. The van der Waals surface area contributed by atoms with Crippen LogP contribution in [0.5, 0.6) is 0 Å². The van der Waals surface area contributed by atoms with Crippen molar-refractivity contribution in [1.29, 1.82) is 0 Å². The maximum atomic E-state index is 11.8. The highest BCUT2D eigenvalue weighted by atomic mass is 19.4. The van der Waals surface area contributed by atoms with Crippen LogP contribution in [0.15, 0.2) is 6.20 Å². The zero-order chi connectivity index (χ0) is 12.3. The largest absolute Gasteiger partial charge is 0.390 e. The summed E-state index contributed by atoms with van der Waals surface area (Å²) in [5, 5.41) is 16.4. The Hall–Kier alpha value is -1.80. The van der Waals surface area contributed by atoms with Crippen molar-refractivity contribution in [3.63, 3.8) is 0 Å². The van der Waals surface area contributed by atoms with E-state index < -0.39 is 24.1 Å². The molecule has 1 aromatic rings. The van der Waals surface area contributed by atoms with Crippen LogP contribution in [0.2, 0.25) is 0 Å². The first-order chi connectivity index (χ1) is 7.29. The first-order valence-electron chi connectivity index (χ1n) is 4.28. The third kappa shape index (κ3) is 3.41. The summed E-state index contributed by atoms with van der Waals surface area (Å²) >= 11 is 0. The van der Waals surface area contributed by atoms with Gasteiger partial charge in [0.2, 0.25) is 5.82 Å². The van der Waals surface area contributed by atoms with E-state index in [0.717, 1.165) is 10.9 Å². The van der Waals surface area contributed by atoms with E-state index >= 15 is 0 Å². The molecule has 9 heteroatoms. The molecule has 0 saturated heterocycles. The average molecular weight is 238 g/mol. The molecule has 0 atom stereocenters. The number of nitrogens with one attached hydrogen (secondary N) is 1. The lowest BCUT2D eigenvalue weighted by atomic mass is 10.4. The highest BCUT2D eigenvalue weighted by Gasteiger charge is 2.27. The number of rotatable bonds is 4. The Bertz CT molecular complexity index is 387. The molecule has 1 N–H and O–H groups in total. The molecule has 16 heavy (non-hydrogen) atoms. The molecule has 1 rings (SSSR count). The Morgan fingerprint density at radius 2 is 2.25 bits per heavy atom. The minimum Gasteiger partial charge on any atom is -0.363 e. The minimum absolute atomic E-state index is 0.156. The van der Waals surface area contributed by atoms with Gasteiger partial charge >= 0.3 is 11.9 Å². The van der Waals surface area contributed by atoms with E-state index in [1.807, 2.05) is 0 Å². The number of aromatic nitrogens is 2. The summed E-state index contributed by atoms with van der Waals surface area (Å²) in [6.45, 7) is -0.443. The molecular weight excluding hydrogens is 229 g/mol. The van der Waals surface area contributed by atoms with Crippen LogP contribution in [-0.4, -0.2) is 27.4 Å². The molecular formula is C7H9F3N4O2. The van der Waals surface area contributed by atoms with Crippen LogP contribution in [0.25, 0.3) is 0 Å². The standard InChI is InChI=1S/C7H9F3N4O2/c1-13-4-5(14(15)16)6(12-13)11-3-2-7(8,9)10/h4H,2-3H2,1H3,(H,11,12). The Labute approximate surface area is 88.2 Å². The van der Waals surface area contributed by atoms with E-state index in [1.54, 1.807) is 0 Å². The Kier molecular flexibility index (Phi) is 3.35. The van der Waals surface area contributed by atoms with E-state index in [1.165, 1.54) is 7.05 Å². The maximum Gasteiger partial charge on any atom is 0.390 e. The number of nitrogens with zero attached hydrogens (tertiary/aromatic N) is 3. The Morgan fingerprint density at radius 3 is 2.75 bits per heavy atom. The third-order valence-corrected chi connectivity index (χ3v) is 1.71. The van der Waals surface area contributed by atoms with Crippen LogP contribution >= 0.6 is 0 Å².